The molecule has 0 aliphatic rings. The third kappa shape index (κ3) is 2.17. The van der Waals surface area contributed by atoms with Gasteiger partial charge in [-0.2, -0.15) is 5.10 Å². The number of carbonyl (C=O) groups is 1. The average molecular weight is 249 g/mol. The molecule has 1 aromatic heterocycles. The summed E-state index contributed by atoms with van der Waals surface area (Å²) in [6, 6.07) is 6.08. The van der Waals surface area contributed by atoms with Gasteiger partial charge in [0, 0.05) is 0 Å². The zero-order chi connectivity index (χ0) is 13.1. The van der Waals surface area contributed by atoms with Gasteiger partial charge in [-0.25, -0.2) is 13.9 Å². The monoisotopic (exact) mass is 249 g/mol. The largest absolute Gasteiger partial charge is 0.461 e. The number of carbonyl (C=O) groups excluding carboxylic acids is 1. The Morgan fingerprint density at radius 3 is 2.89 bits per heavy atom. The number of nitrogens with zero attached hydrogens (tertiary/aromatic N) is 2. The van der Waals surface area contributed by atoms with E-state index in [1.165, 1.54) is 23.0 Å². The summed E-state index contributed by atoms with van der Waals surface area (Å²) in [6.45, 7) is 1.91. The number of esters is 1. The number of ether oxygens (including phenoxy) is 1. The van der Waals surface area contributed by atoms with Gasteiger partial charge in [-0.05, 0) is 19.1 Å². The summed E-state index contributed by atoms with van der Waals surface area (Å²) < 4.78 is 19.6. The number of hydrogen-bond donors (Lipinski definition) is 1. The smallest absolute Gasteiger partial charge is 0.361 e. The van der Waals surface area contributed by atoms with Gasteiger partial charge in [-0.15, -0.1) is 0 Å². The molecular formula is C12H12FN3O2. The van der Waals surface area contributed by atoms with E-state index in [4.69, 9.17) is 10.5 Å². The van der Waals surface area contributed by atoms with Crippen LogP contribution in [0.15, 0.2) is 30.5 Å². The van der Waals surface area contributed by atoms with Gasteiger partial charge < -0.3 is 10.5 Å². The number of anilines is 1. The summed E-state index contributed by atoms with van der Waals surface area (Å²) in [6.07, 6.45) is 1.38. The summed E-state index contributed by atoms with van der Waals surface area (Å²) in [7, 11) is 0. The normalized spacial score (nSPS) is 10.3. The second-order valence-electron chi connectivity index (χ2n) is 3.55. The van der Waals surface area contributed by atoms with E-state index in [1.807, 2.05) is 0 Å². The molecule has 0 fully saturated rings. The first-order valence-corrected chi connectivity index (χ1v) is 5.40. The summed E-state index contributed by atoms with van der Waals surface area (Å²) in [4.78, 5) is 11.5. The van der Waals surface area contributed by atoms with Crippen LogP contribution in [0, 0.1) is 5.82 Å². The molecule has 0 unspecified atom stereocenters. The predicted molar refractivity (Wildman–Crippen MR) is 63.9 cm³/mol. The minimum atomic E-state index is -0.620. The van der Waals surface area contributed by atoms with Crippen molar-refractivity contribution >= 4 is 11.7 Å². The fourth-order valence-electron chi connectivity index (χ4n) is 1.51. The molecule has 18 heavy (non-hydrogen) atoms. The van der Waals surface area contributed by atoms with Crippen molar-refractivity contribution < 1.29 is 13.9 Å². The van der Waals surface area contributed by atoms with Crippen LogP contribution < -0.4 is 5.73 Å². The summed E-state index contributed by atoms with van der Waals surface area (Å²) in [5.41, 5.74) is 6.01. The van der Waals surface area contributed by atoms with Crippen LogP contribution in [0.3, 0.4) is 0 Å². The molecule has 2 aromatic rings. The van der Waals surface area contributed by atoms with Crippen LogP contribution in [0.5, 0.6) is 0 Å². The van der Waals surface area contributed by atoms with Gasteiger partial charge in [0.05, 0.1) is 18.5 Å². The highest BCUT2D eigenvalue weighted by atomic mass is 19.1. The Kier molecular flexibility index (Phi) is 3.27. The van der Waals surface area contributed by atoms with E-state index in [2.05, 4.69) is 5.10 Å². The van der Waals surface area contributed by atoms with E-state index >= 15 is 0 Å². The van der Waals surface area contributed by atoms with Crippen molar-refractivity contribution in [2.45, 2.75) is 6.92 Å². The van der Waals surface area contributed by atoms with Gasteiger partial charge in [0.2, 0.25) is 0 Å². The SMILES string of the molecule is CCOC(=O)c1nn(-c2ccccc2F)cc1N. The van der Waals surface area contributed by atoms with Crippen LogP contribution in [0.25, 0.3) is 5.69 Å². The molecule has 1 heterocycles. The van der Waals surface area contributed by atoms with Crippen molar-refractivity contribution in [3.63, 3.8) is 0 Å². The molecular weight excluding hydrogens is 237 g/mol. The van der Waals surface area contributed by atoms with Gasteiger partial charge in [-0.3, -0.25) is 0 Å². The number of aromatic nitrogens is 2. The van der Waals surface area contributed by atoms with Crippen molar-refractivity contribution in [2.75, 3.05) is 12.3 Å². The van der Waals surface area contributed by atoms with Gasteiger partial charge in [0.1, 0.15) is 11.5 Å². The maximum atomic E-state index is 13.5. The lowest BCUT2D eigenvalue weighted by atomic mass is 10.3. The van der Waals surface area contributed by atoms with E-state index in [0.717, 1.165) is 0 Å². The molecule has 0 aliphatic heterocycles. The van der Waals surface area contributed by atoms with E-state index in [-0.39, 0.29) is 23.7 Å². The lowest BCUT2D eigenvalue weighted by Crippen LogP contribution is -2.08. The molecule has 0 atom stereocenters. The highest BCUT2D eigenvalue weighted by Crippen LogP contribution is 2.17. The molecule has 6 heteroatoms. The van der Waals surface area contributed by atoms with Crippen LogP contribution in [0.1, 0.15) is 17.4 Å². The molecule has 0 spiro atoms. The molecule has 2 rings (SSSR count). The van der Waals surface area contributed by atoms with Gasteiger partial charge in [-0.1, -0.05) is 12.1 Å². The van der Waals surface area contributed by atoms with Crippen LogP contribution >= 0.6 is 0 Å². The van der Waals surface area contributed by atoms with Crippen LogP contribution in [-0.4, -0.2) is 22.4 Å². The minimum Gasteiger partial charge on any atom is -0.461 e. The minimum absolute atomic E-state index is 0.0138. The topological polar surface area (TPSA) is 70.1 Å². The molecule has 0 radical (unpaired) electrons. The first kappa shape index (κ1) is 12.1. The van der Waals surface area contributed by atoms with E-state index < -0.39 is 11.8 Å². The van der Waals surface area contributed by atoms with Gasteiger partial charge in [0.15, 0.2) is 5.69 Å². The molecule has 1 aromatic carbocycles. The van der Waals surface area contributed by atoms with Crippen molar-refractivity contribution in [3.8, 4) is 5.69 Å². The molecule has 0 amide bonds. The highest BCUT2D eigenvalue weighted by molar-refractivity contribution is 5.92. The first-order chi connectivity index (χ1) is 8.63. The van der Waals surface area contributed by atoms with Crippen molar-refractivity contribution in [1.82, 2.24) is 9.78 Å². The number of nitrogen functional groups attached to an aromatic ring is 1. The van der Waals surface area contributed by atoms with E-state index in [1.54, 1.807) is 19.1 Å². The Hall–Kier alpha value is -2.37. The quantitative estimate of drug-likeness (QED) is 0.841. The van der Waals surface area contributed by atoms with Crippen molar-refractivity contribution in [2.24, 2.45) is 0 Å². The van der Waals surface area contributed by atoms with Crippen LogP contribution in [0.4, 0.5) is 10.1 Å². The Bertz CT molecular complexity index is 580. The van der Waals surface area contributed by atoms with Crippen molar-refractivity contribution in [3.05, 3.63) is 42.0 Å². The number of nitrogens with two attached hydrogens (primary N) is 1. The highest BCUT2D eigenvalue weighted by Gasteiger charge is 2.17. The number of hydrogen-bond acceptors (Lipinski definition) is 4. The Morgan fingerprint density at radius 1 is 1.50 bits per heavy atom. The van der Waals surface area contributed by atoms with Gasteiger partial charge >= 0.3 is 5.97 Å². The van der Waals surface area contributed by atoms with Crippen molar-refractivity contribution in [1.29, 1.82) is 0 Å². The molecule has 5 nitrogen and oxygen atoms in total. The Morgan fingerprint density at radius 2 is 2.22 bits per heavy atom. The maximum absolute atomic E-state index is 13.5. The van der Waals surface area contributed by atoms with Crippen LogP contribution in [0.2, 0.25) is 0 Å². The summed E-state index contributed by atoms with van der Waals surface area (Å²) >= 11 is 0. The predicted octanol–water partition coefficient (Wildman–Crippen LogP) is 1.77. The Labute approximate surface area is 103 Å². The molecule has 94 valence electrons. The summed E-state index contributed by atoms with van der Waals surface area (Å²) in [5, 5.41) is 3.94. The standard InChI is InChI=1S/C12H12FN3O2/c1-2-18-12(17)11-9(14)7-16(15-11)10-6-4-3-5-8(10)13/h3-7H,2,14H2,1H3. The number of para-hydroxylation sites is 1. The first-order valence-electron chi connectivity index (χ1n) is 5.40. The fourth-order valence-corrected chi connectivity index (χ4v) is 1.51. The zero-order valence-corrected chi connectivity index (χ0v) is 9.76. The fraction of sp³-hybridized carbons (Fsp3) is 0.167. The van der Waals surface area contributed by atoms with Gasteiger partial charge in [0.25, 0.3) is 0 Å². The molecule has 0 bridgehead atoms. The second-order valence-corrected chi connectivity index (χ2v) is 3.55. The summed E-state index contributed by atoms with van der Waals surface area (Å²) in [5.74, 6) is -1.07. The third-order valence-electron chi connectivity index (χ3n) is 2.31. The average Bonchev–Trinajstić information content (AvgIpc) is 2.72. The lowest BCUT2D eigenvalue weighted by Gasteiger charge is -2.01. The second kappa shape index (κ2) is 4.87. The molecule has 0 saturated carbocycles. The zero-order valence-electron chi connectivity index (χ0n) is 9.76. The lowest BCUT2D eigenvalue weighted by molar-refractivity contribution is 0.0520. The Balaban J connectivity index is 2.41. The molecule has 0 aliphatic carbocycles. The van der Waals surface area contributed by atoms with Crippen LogP contribution in [-0.2, 0) is 4.74 Å². The third-order valence-corrected chi connectivity index (χ3v) is 2.31. The number of benzene rings is 1. The number of halogens is 1. The van der Waals surface area contributed by atoms with E-state index in [9.17, 15) is 9.18 Å². The maximum Gasteiger partial charge on any atom is 0.361 e. The number of rotatable bonds is 3. The van der Waals surface area contributed by atoms with E-state index in [0.29, 0.717) is 0 Å². The molecule has 0 saturated heterocycles. The molecule has 2 N–H and O–H groups in total.